The van der Waals surface area contributed by atoms with Crippen LogP contribution in [0.4, 0.5) is 5.82 Å². The minimum atomic E-state index is -0.820. The van der Waals surface area contributed by atoms with Crippen LogP contribution in [0.5, 0.6) is 0 Å². The van der Waals surface area contributed by atoms with Gasteiger partial charge in [0.15, 0.2) is 0 Å². The molecule has 2 heterocycles. The molecule has 3 rings (SSSR count). The summed E-state index contributed by atoms with van der Waals surface area (Å²) in [5.41, 5.74) is 7.18. The van der Waals surface area contributed by atoms with Crippen LogP contribution >= 0.6 is 0 Å². The van der Waals surface area contributed by atoms with Gasteiger partial charge in [0.1, 0.15) is 18.1 Å². The molecule has 7 heteroatoms. The molecule has 0 amide bonds. The number of hydrogen-bond donors (Lipinski definition) is 3. The van der Waals surface area contributed by atoms with E-state index in [0.29, 0.717) is 5.56 Å². The lowest BCUT2D eigenvalue weighted by Crippen LogP contribution is -2.28. The number of nitrogen functional groups attached to an aromatic ring is 1. The molecule has 0 saturated carbocycles. The highest BCUT2D eigenvalue weighted by Gasteiger charge is 2.35. The second kappa shape index (κ2) is 8.27. The average molecular weight is 357 g/mol. The summed E-state index contributed by atoms with van der Waals surface area (Å²) in [6, 6.07) is 10.1. The molecule has 1 aromatic heterocycles. The van der Waals surface area contributed by atoms with Crippen LogP contribution in [-0.4, -0.2) is 38.6 Å². The molecule has 1 saturated heterocycles. The summed E-state index contributed by atoms with van der Waals surface area (Å²) in [4.78, 5) is 16.0. The zero-order valence-corrected chi connectivity index (χ0v) is 14.4. The third kappa shape index (κ3) is 4.19. The molecule has 0 unspecified atom stereocenters. The van der Waals surface area contributed by atoms with Crippen molar-refractivity contribution in [2.24, 2.45) is 0 Å². The van der Waals surface area contributed by atoms with E-state index in [2.05, 4.69) is 17.1 Å². The van der Waals surface area contributed by atoms with Gasteiger partial charge in [-0.1, -0.05) is 42.5 Å². The van der Waals surface area contributed by atoms with E-state index in [4.69, 9.17) is 10.5 Å². The van der Waals surface area contributed by atoms with E-state index in [1.54, 1.807) is 6.20 Å². The van der Waals surface area contributed by atoms with Gasteiger partial charge in [0.05, 0.1) is 12.7 Å². The van der Waals surface area contributed by atoms with Crippen molar-refractivity contribution in [1.82, 2.24) is 9.55 Å². The van der Waals surface area contributed by atoms with Crippen molar-refractivity contribution in [3.63, 3.8) is 0 Å². The Morgan fingerprint density at radius 2 is 2.12 bits per heavy atom. The van der Waals surface area contributed by atoms with Gasteiger partial charge >= 0.3 is 5.69 Å². The zero-order valence-electron chi connectivity index (χ0n) is 14.4. The van der Waals surface area contributed by atoms with Crippen LogP contribution in [0.25, 0.3) is 6.08 Å². The van der Waals surface area contributed by atoms with Gasteiger partial charge in [0.2, 0.25) is 0 Å². The molecular formula is C19H23N3O4. The molecule has 1 aliphatic heterocycles. The smallest absolute Gasteiger partial charge is 0.351 e. The van der Waals surface area contributed by atoms with Crippen LogP contribution in [0.2, 0.25) is 0 Å². The van der Waals surface area contributed by atoms with Gasteiger partial charge in [0.25, 0.3) is 0 Å². The number of aliphatic hydroxyl groups excluding tert-OH is 2. The molecule has 0 spiro atoms. The molecule has 1 fully saturated rings. The number of ether oxygens (including phenoxy) is 1. The van der Waals surface area contributed by atoms with Gasteiger partial charge in [-0.05, 0) is 18.4 Å². The monoisotopic (exact) mass is 357 g/mol. The Kier molecular flexibility index (Phi) is 5.82. The fraction of sp³-hybridized carbons (Fsp3) is 0.368. The number of hydrogen-bond acceptors (Lipinski definition) is 6. The predicted molar refractivity (Wildman–Crippen MR) is 98.3 cm³/mol. The second-order valence-electron chi connectivity index (χ2n) is 6.31. The predicted octanol–water partition coefficient (Wildman–Crippen LogP) is 1.11. The number of benzene rings is 1. The SMILES string of the molecule is Nc1nc(=O)n([C@H]2C[C@H](O)[C@@H](CO)O2)cc1C=CCCc1ccccc1. The van der Waals surface area contributed by atoms with Crippen LogP contribution in [0.3, 0.4) is 0 Å². The Bertz CT molecular complexity index is 819. The van der Waals surface area contributed by atoms with Crippen LogP contribution in [0.15, 0.2) is 47.4 Å². The summed E-state index contributed by atoms with van der Waals surface area (Å²) in [5, 5.41) is 19.0. The van der Waals surface area contributed by atoms with Crippen LogP contribution in [0, 0.1) is 0 Å². The van der Waals surface area contributed by atoms with Crippen molar-refractivity contribution in [1.29, 1.82) is 0 Å². The molecule has 26 heavy (non-hydrogen) atoms. The summed E-state index contributed by atoms with van der Waals surface area (Å²) in [5.74, 6) is 0.152. The van der Waals surface area contributed by atoms with Crippen molar-refractivity contribution >= 4 is 11.9 Å². The largest absolute Gasteiger partial charge is 0.394 e. The summed E-state index contributed by atoms with van der Waals surface area (Å²) >= 11 is 0. The number of nitrogens with zero attached hydrogens (tertiary/aromatic N) is 2. The van der Waals surface area contributed by atoms with E-state index in [-0.39, 0.29) is 18.8 Å². The zero-order chi connectivity index (χ0) is 18.5. The Hall–Kier alpha value is -2.48. The van der Waals surface area contributed by atoms with Crippen molar-refractivity contribution < 1.29 is 14.9 Å². The average Bonchev–Trinajstić information content (AvgIpc) is 3.01. The highest BCUT2D eigenvalue weighted by atomic mass is 16.5. The quantitative estimate of drug-likeness (QED) is 0.714. The highest BCUT2D eigenvalue weighted by molar-refractivity contribution is 5.59. The van der Waals surface area contributed by atoms with E-state index >= 15 is 0 Å². The molecule has 0 aliphatic carbocycles. The van der Waals surface area contributed by atoms with Crippen molar-refractivity contribution in [2.75, 3.05) is 12.3 Å². The van der Waals surface area contributed by atoms with E-state index in [1.807, 2.05) is 30.4 Å². The molecular weight excluding hydrogens is 334 g/mol. The lowest BCUT2D eigenvalue weighted by Gasteiger charge is -2.15. The van der Waals surface area contributed by atoms with Gasteiger partial charge < -0.3 is 20.7 Å². The minimum Gasteiger partial charge on any atom is -0.394 e. The Balaban J connectivity index is 1.72. The Labute approximate surface area is 151 Å². The fourth-order valence-corrected chi connectivity index (χ4v) is 2.99. The standard InChI is InChI=1S/C19H23N3O4/c20-18-14(9-5-4-8-13-6-2-1-3-7-13)11-22(19(25)21-18)17-10-15(24)16(12-23)26-17/h1-3,5-7,9,11,15-17,23-24H,4,8,10,12H2,(H2,20,21,25)/t15-,16+,17+/m0/s1. The number of aromatic nitrogens is 2. The van der Waals surface area contributed by atoms with E-state index in [1.165, 1.54) is 10.1 Å². The molecule has 3 atom stereocenters. The second-order valence-corrected chi connectivity index (χ2v) is 6.31. The Morgan fingerprint density at radius 3 is 2.81 bits per heavy atom. The van der Waals surface area contributed by atoms with Gasteiger partial charge in [-0.2, -0.15) is 4.98 Å². The highest BCUT2D eigenvalue weighted by Crippen LogP contribution is 2.28. The molecule has 7 nitrogen and oxygen atoms in total. The maximum atomic E-state index is 12.1. The van der Waals surface area contributed by atoms with Crippen LogP contribution in [0.1, 0.15) is 30.2 Å². The van der Waals surface area contributed by atoms with Crippen molar-refractivity contribution in [2.45, 2.75) is 37.7 Å². The number of allylic oxidation sites excluding steroid dienone is 1. The van der Waals surface area contributed by atoms with E-state index in [9.17, 15) is 15.0 Å². The number of aryl methyl sites for hydroxylation is 1. The van der Waals surface area contributed by atoms with Crippen molar-refractivity contribution in [3.05, 3.63) is 64.2 Å². The summed E-state index contributed by atoms with van der Waals surface area (Å²) in [6.45, 7) is -0.304. The maximum Gasteiger partial charge on any atom is 0.351 e. The normalized spacial score (nSPS) is 22.9. The van der Waals surface area contributed by atoms with Gasteiger partial charge in [-0.3, -0.25) is 4.57 Å². The fourth-order valence-electron chi connectivity index (χ4n) is 2.99. The number of rotatable bonds is 6. The number of anilines is 1. The lowest BCUT2D eigenvalue weighted by atomic mass is 10.1. The van der Waals surface area contributed by atoms with E-state index < -0.39 is 24.1 Å². The summed E-state index contributed by atoms with van der Waals surface area (Å²) in [6.07, 6.45) is 5.16. The minimum absolute atomic E-state index is 0.152. The molecule has 138 valence electrons. The summed E-state index contributed by atoms with van der Waals surface area (Å²) < 4.78 is 6.84. The molecule has 0 bridgehead atoms. The molecule has 1 aliphatic rings. The third-order valence-corrected chi connectivity index (χ3v) is 4.45. The lowest BCUT2D eigenvalue weighted by molar-refractivity contribution is -0.0458. The summed E-state index contributed by atoms with van der Waals surface area (Å²) in [7, 11) is 0. The van der Waals surface area contributed by atoms with E-state index in [0.717, 1.165) is 12.8 Å². The number of aliphatic hydroxyl groups is 2. The third-order valence-electron chi connectivity index (χ3n) is 4.45. The van der Waals surface area contributed by atoms with Gasteiger partial charge in [-0.25, -0.2) is 4.79 Å². The number of nitrogens with two attached hydrogens (primary N) is 1. The topological polar surface area (TPSA) is 111 Å². The first kappa shape index (κ1) is 18.3. The molecule has 2 aromatic rings. The van der Waals surface area contributed by atoms with Gasteiger partial charge in [-0.15, -0.1) is 0 Å². The van der Waals surface area contributed by atoms with Crippen LogP contribution < -0.4 is 11.4 Å². The molecule has 4 N–H and O–H groups in total. The van der Waals surface area contributed by atoms with Crippen molar-refractivity contribution in [3.8, 4) is 0 Å². The molecule has 0 radical (unpaired) electrons. The Morgan fingerprint density at radius 1 is 1.35 bits per heavy atom. The first-order valence-corrected chi connectivity index (χ1v) is 8.62. The van der Waals surface area contributed by atoms with Gasteiger partial charge in [0, 0.05) is 18.2 Å². The first-order valence-electron chi connectivity index (χ1n) is 8.62. The maximum absolute atomic E-state index is 12.1. The first-order chi connectivity index (χ1) is 12.6. The van der Waals surface area contributed by atoms with Crippen LogP contribution in [-0.2, 0) is 11.2 Å². The molecule has 1 aromatic carbocycles.